The molecule has 170 valence electrons. The Labute approximate surface area is 207 Å². The first-order valence-corrected chi connectivity index (χ1v) is 10.8. The first-order chi connectivity index (χ1) is 14.7. The second-order valence-corrected chi connectivity index (χ2v) is 7.68. The van der Waals surface area contributed by atoms with Crippen molar-refractivity contribution in [1.29, 1.82) is 0 Å². The molecule has 1 unspecified atom stereocenters. The molecule has 2 heterocycles. The minimum absolute atomic E-state index is 0. The van der Waals surface area contributed by atoms with Crippen molar-refractivity contribution in [1.82, 2.24) is 15.6 Å². The number of guanidine groups is 1. The highest BCUT2D eigenvalue weighted by Crippen LogP contribution is 2.33. The van der Waals surface area contributed by atoms with Gasteiger partial charge in [0.2, 0.25) is 0 Å². The van der Waals surface area contributed by atoms with Crippen LogP contribution in [-0.4, -0.2) is 57.3 Å². The van der Waals surface area contributed by atoms with Crippen LogP contribution in [0.25, 0.3) is 0 Å². The number of nitrogens with zero attached hydrogens (tertiary/aromatic N) is 3. The van der Waals surface area contributed by atoms with Gasteiger partial charge in [0.25, 0.3) is 0 Å². The summed E-state index contributed by atoms with van der Waals surface area (Å²) >= 11 is 6.19. The summed E-state index contributed by atoms with van der Waals surface area (Å²) in [6, 6.07) is 11.9. The van der Waals surface area contributed by atoms with Gasteiger partial charge in [-0.05, 0) is 49.6 Å². The van der Waals surface area contributed by atoms with E-state index >= 15 is 0 Å². The monoisotopic (exact) mass is 558 g/mol. The highest BCUT2D eigenvalue weighted by atomic mass is 127. The van der Waals surface area contributed by atoms with Gasteiger partial charge in [-0.1, -0.05) is 17.7 Å². The fraction of sp³-hybridized carbons (Fsp3) is 0.455. The zero-order valence-corrected chi connectivity index (χ0v) is 21.2. The Bertz CT molecular complexity index is 823. The van der Waals surface area contributed by atoms with E-state index in [9.17, 15) is 0 Å². The van der Waals surface area contributed by atoms with Gasteiger partial charge in [0.15, 0.2) is 5.96 Å². The maximum absolute atomic E-state index is 6.19. The minimum Gasteiger partial charge on any atom is -0.495 e. The number of unbranched alkanes of at least 4 members (excludes halogenated alkanes) is 1. The third-order valence-corrected chi connectivity index (χ3v) is 5.34. The molecular formula is C22H32ClIN6O. The van der Waals surface area contributed by atoms with Crippen LogP contribution in [0, 0.1) is 0 Å². The Balaban J connectivity index is 0.00000341. The van der Waals surface area contributed by atoms with Crippen LogP contribution < -0.4 is 25.6 Å². The van der Waals surface area contributed by atoms with E-state index in [0.29, 0.717) is 6.04 Å². The van der Waals surface area contributed by atoms with Gasteiger partial charge in [-0.25, -0.2) is 4.98 Å². The largest absolute Gasteiger partial charge is 0.495 e. The van der Waals surface area contributed by atoms with Crippen molar-refractivity contribution >= 4 is 53.0 Å². The molecule has 2 aromatic rings. The van der Waals surface area contributed by atoms with E-state index in [-0.39, 0.29) is 24.0 Å². The van der Waals surface area contributed by atoms with Gasteiger partial charge in [0.1, 0.15) is 11.6 Å². The molecule has 0 amide bonds. The Morgan fingerprint density at radius 2 is 2.10 bits per heavy atom. The summed E-state index contributed by atoms with van der Waals surface area (Å²) in [6.45, 7) is 3.61. The van der Waals surface area contributed by atoms with Gasteiger partial charge in [-0.3, -0.25) is 4.99 Å². The summed E-state index contributed by atoms with van der Waals surface area (Å²) in [6.07, 6.45) is 4.94. The van der Waals surface area contributed by atoms with E-state index in [4.69, 9.17) is 16.3 Å². The summed E-state index contributed by atoms with van der Waals surface area (Å²) in [5.41, 5.74) is 1.04. The molecule has 1 aliphatic heterocycles. The van der Waals surface area contributed by atoms with Crippen LogP contribution in [0.5, 0.6) is 5.75 Å². The molecule has 9 heteroatoms. The van der Waals surface area contributed by atoms with E-state index in [1.807, 2.05) is 43.4 Å². The fourth-order valence-corrected chi connectivity index (χ4v) is 3.70. The van der Waals surface area contributed by atoms with Crippen LogP contribution in [0.4, 0.5) is 11.5 Å². The van der Waals surface area contributed by atoms with Gasteiger partial charge in [0.05, 0.1) is 12.8 Å². The predicted octanol–water partition coefficient (Wildman–Crippen LogP) is 4.00. The van der Waals surface area contributed by atoms with Gasteiger partial charge in [-0.15, -0.1) is 24.0 Å². The standard InChI is InChI=1S/C22H31ClN6O.HI/c1-24-22(27-13-6-5-12-26-21-7-3-4-11-25-21)28-18-10-14-29(16-18)19-15-17(23)8-9-20(19)30-2;/h3-4,7-9,11,15,18H,5-6,10,12-14,16H2,1-2H3,(H,25,26)(H2,24,27,28);1H. The van der Waals surface area contributed by atoms with Crippen molar-refractivity contribution < 1.29 is 4.74 Å². The number of rotatable bonds is 9. The lowest BCUT2D eigenvalue weighted by atomic mass is 10.2. The van der Waals surface area contributed by atoms with E-state index in [1.54, 1.807) is 13.3 Å². The van der Waals surface area contributed by atoms with Crippen LogP contribution in [0.2, 0.25) is 5.02 Å². The molecule has 31 heavy (non-hydrogen) atoms. The highest BCUT2D eigenvalue weighted by Gasteiger charge is 2.25. The third-order valence-electron chi connectivity index (χ3n) is 5.10. The zero-order valence-electron chi connectivity index (χ0n) is 18.1. The van der Waals surface area contributed by atoms with E-state index in [2.05, 4.69) is 30.8 Å². The number of hydrogen-bond donors (Lipinski definition) is 3. The molecule has 1 aromatic carbocycles. The molecular weight excluding hydrogens is 527 g/mol. The Hall–Kier alpha value is -1.94. The van der Waals surface area contributed by atoms with E-state index < -0.39 is 0 Å². The molecule has 0 aliphatic carbocycles. The van der Waals surface area contributed by atoms with Crippen molar-refractivity contribution in [2.75, 3.05) is 50.6 Å². The lowest BCUT2D eigenvalue weighted by molar-refractivity contribution is 0.415. The number of benzene rings is 1. The average molecular weight is 559 g/mol. The van der Waals surface area contributed by atoms with Gasteiger partial charge in [-0.2, -0.15) is 0 Å². The number of hydrogen-bond acceptors (Lipinski definition) is 5. The minimum atomic E-state index is 0. The molecule has 1 aliphatic rings. The number of anilines is 2. The number of ether oxygens (including phenoxy) is 1. The highest BCUT2D eigenvalue weighted by molar-refractivity contribution is 14.0. The predicted molar refractivity (Wildman–Crippen MR) is 140 cm³/mol. The van der Waals surface area contributed by atoms with Crippen molar-refractivity contribution in [3.63, 3.8) is 0 Å². The Morgan fingerprint density at radius 1 is 1.26 bits per heavy atom. The van der Waals surface area contributed by atoms with E-state index in [0.717, 1.165) is 73.7 Å². The van der Waals surface area contributed by atoms with Gasteiger partial charge in [0, 0.05) is 50.5 Å². The molecule has 0 bridgehead atoms. The summed E-state index contributed by atoms with van der Waals surface area (Å²) in [5.74, 6) is 2.62. The van der Waals surface area contributed by atoms with Crippen molar-refractivity contribution in [3.8, 4) is 5.75 Å². The molecule has 1 fully saturated rings. The molecule has 0 spiro atoms. The third kappa shape index (κ3) is 7.92. The molecule has 1 aromatic heterocycles. The summed E-state index contributed by atoms with van der Waals surface area (Å²) in [4.78, 5) is 10.9. The number of pyridine rings is 1. The molecule has 1 atom stereocenters. The number of halogens is 2. The lowest BCUT2D eigenvalue weighted by Gasteiger charge is -2.22. The molecule has 3 N–H and O–H groups in total. The first kappa shape index (κ1) is 25.3. The zero-order chi connectivity index (χ0) is 21.2. The summed E-state index contributed by atoms with van der Waals surface area (Å²) in [5, 5.41) is 11.0. The summed E-state index contributed by atoms with van der Waals surface area (Å²) < 4.78 is 5.50. The normalized spacial score (nSPS) is 15.9. The van der Waals surface area contributed by atoms with Crippen LogP contribution in [-0.2, 0) is 0 Å². The topological polar surface area (TPSA) is 73.8 Å². The van der Waals surface area contributed by atoms with Crippen molar-refractivity contribution in [3.05, 3.63) is 47.6 Å². The number of aliphatic imine (C=N–C) groups is 1. The Morgan fingerprint density at radius 3 is 2.84 bits per heavy atom. The molecule has 7 nitrogen and oxygen atoms in total. The van der Waals surface area contributed by atoms with Crippen molar-refractivity contribution in [2.45, 2.75) is 25.3 Å². The van der Waals surface area contributed by atoms with E-state index in [1.165, 1.54) is 0 Å². The SMILES string of the molecule is CN=C(NCCCCNc1ccccn1)NC1CCN(c2cc(Cl)ccc2OC)C1.I. The summed E-state index contributed by atoms with van der Waals surface area (Å²) in [7, 11) is 3.50. The smallest absolute Gasteiger partial charge is 0.191 e. The fourth-order valence-electron chi connectivity index (χ4n) is 3.54. The van der Waals surface area contributed by atoms with Crippen LogP contribution in [0.3, 0.4) is 0 Å². The molecule has 3 rings (SSSR count). The molecule has 0 saturated carbocycles. The number of nitrogens with one attached hydrogen (secondary N) is 3. The van der Waals surface area contributed by atoms with Crippen LogP contribution in [0.15, 0.2) is 47.6 Å². The second kappa shape index (κ2) is 13.5. The molecule has 1 saturated heterocycles. The van der Waals surface area contributed by atoms with Crippen LogP contribution in [0.1, 0.15) is 19.3 Å². The maximum atomic E-state index is 6.19. The quantitative estimate of drug-likeness (QED) is 0.187. The second-order valence-electron chi connectivity index (χ2n) is 7.24. The van der Waals surface area contributed by atoms with Gasteiger partial charge < -0.3 is 25.6 Å². The first-order valence-electron chi connectivity index (χ1n) is 10.4. The van der Waals surface area contributed by atoms with Crippen molar-refractivity contribution in [2.24, 2.45) is 4.99 Å². The average Bonchev–Trinajstić information content (AvgIpc) is 3.24. The Kier molecular flexibility index (Phi) is 11.0. The maximum Gasteiger partial charge on any atom is 0.191 e. The van der Waals surface area contributed by atoms with Crippen LogP contribution >= 0.6 is 35.6 Å². The number of methoxy groups -OCH3 is 1. The molecule has 0 radical (unpaired) electrons. The lowest BCUT2D eigenvalue weighted by Crippen LogP contribution is -2.44. The number of aromatic nitrogens is 1. The van der Waals surface area contributed by atoms with Gasteiger partial charge >= 0.3 is 0 Å².